The van der Waals surface area contributed by atoms with Crippen LogP contribution in [0.4, 0.5) is 52.2 Å². The van der Waals surface area contributed by atoms with Crippen LogP contribution in [0.25, 0.3) is 0 Å². The lowest BCUT2D eigenvalue weighted by Crippen LogP contribution is -2.50. The molecule has 2 aliphatic heterocycles. The Balaban J connectivity index is 1.20. The Morgan fingerprint density at radius 1 is 0.907 bits per heavy atom. The minimum absolute atomic E-state index is 0.145. The third-order valence-electron chi connectivity index (χ3n) is 9.24. The molecule has 3 heterocycles. The van der Waals surface area contributed by atoms with Crippen molar-refractivity contribution in [1.29, 1.82) is 0 Å². The van der Waals surface area contributed by atoms with E-state index in [2.05, 4.69) is 36.1 Å². The number of aromatic nitrogens is 1. The van der Waals surface area contributed by atoms with Gasteiger partial charge in [-0.25, -0.2) is 9.78 Å². The molecule has 4 N–H and O–H groups in total. The molecule has 0 atom stereocenters. The summed E-state index contributed by atoms with van der Waals surface area (Å²) in [6, 6.07) is 18.8. The first-order valence-corrected chi connectivity index (χ1v) is 17.7. The number of rotatable bonds is 11. The highest BCUT2D eigenvalue weighted by Crippen LogP contribution is 2.40. The van der Waals surface area contributed by atoms with Crippen LogP contribution in [0, 0.1) is 6.92 Å². The number of ether oxygens (including phenoxy) is 1. The molecule has 284 valence electrons. The molecule has 0 unspecified atom stereocenters. The zero-order valence-electron chi connectivity index (χ0n) is 30.5. The van der Waals surface area contributed by atoms with Crippen molar-refractivity contribution in [2.24, 2.45) is 0 Å². The van der Waals surface area contributed by atoms with Crippen LogP contribution >= 0.6 is 0 Å². The molecular weight excluding hydrogens is 701 g/mol. The zero-order chi connectivity index (χ0) is 38.6. The van der Waals surface area contributed by atoms with E-state index in [1.807, 2.05) is 57.2 Å². The standard InChI is InChI=1S/C39H43F3N8O4/c1-24(2)54-34-21-33(49-17-15-48(16-18-49)23-26-9-5-8-12-32(26)50-14-13-36(51)47-38(50)53)25(3)19-31(34)46-35-20-30(28(22-44-35)39(40,41)42)45-29-11-7-6-10-27(29)37(52)43-4/h5-12,19-22,24H,13-18,23H2,1-4H3,(H,43,52)(H2,44,45,46)(H,47,51,53). The topological polar surface area (TPSA) is 131 Å². The number of amides is 4. The summed E-state index contributed by atoms with van der Waals surface area (Å²) in [5.41, 5.74) is 3.37. The first-order valence-electron chi connectivity index (χ1n) is 17.7. The van der Waals surface area contributed by atoms with E-state index in [4.69, 9.17) is 4.74 Å². The highest BCUT2D eigenvalue weighted by atomic mass is 19.4. The number of benzene rings is 3. The van der Waals surface area contributed by atoms with Crippen LogP contribution < -0.4 is 35.8 Å². The Morgan fingerprint density at radius 3 is 2.33 bits per heavy atom. The molecule has 0 radical (unpaired) electrons. The van der Waals surface area contributed by atoms with Gasteiger partial charge >= 0.3 is 12.2 Å². The molecule has 2 fully saturated rings. The van der Waals surface area contributed by atoms with Gasteiger partial charge in [0.05, 0.1) is 34.3 Å². The summed E-state index contributed by atoms with van der Waals surface area (Å²) in [4.78, 5) is 47.1. The summed E-state index contributed by atoms with van der Waals surface area (Å²) in [7, 11) is 1.45. The van der Waals surface area contributed by atoms with Gasteiger partial charge in [-0.05, 0) is 56.2 Å². The van der Waals surface area contributed by atoms with Crippen molar-refractivity contribution in [1.82, 2.24) is 20.5 Å². The number of aryl methyl sites for hydroxylation is 1. The molecule has 12 nitrogen and oxygen atoms in total. The van der Waals surface area contributed by atoms with Crippen molar-refractivity contribution in [2.45, 2.75) is 46.0 Å². The van der Waals surface area contributed by atoms with Gasteiger partial charge in [-0.2, -0.15) is 13.2 Å². The molecular formula is C39H43F3N8O4. The maximum Gasteiger partial charge on any atom is 0.419 e. The van der Waals surface area contributed by atoms with Crippen molar-refractivity contribution in [3.8, 4) is 5.75 Å². The van der Waals surface area contributed by atoms with Crippen LogP contribution in [0.3, 0.4) is 0 Å². The average molecular weight is 745 g/mol. The first-order chi connectivity index (χ1) is 25.8. The van der Waals surface area contributed by atoms with Crippen LogP contribution in [-0.4, -0.2) is 73.6 Å². The number of pyridine rings is 1. The minimum atomic E-state index is -4.71. The SMILES string of the molecule is CNC(=O)c1ccccc1Nc1cc(Nc2cc(C)c(N3CCN(Cc4ccccc4N4CCC(=O)NC4=O)CC3)cc2OC(C)C)ncc1C(F)(F)F. The van der Waals surface area contributed by atoms with Gasteiger partial charge in [-0.15, -0.1) is 0 Å². The van der Waals surface area contributed by atoms with Gasteiger partial charge in [0.25, 0.3) is 5.91 Å². The normalized spacial score (nSPS) is 15.3. The number of nitrogens with one attached hydrogen (secondary N) is 4. The van der Waals surface area contributed by atoms with E-state index in [-0.39, 0.29) is 41.2 Å². The lowest BCUT2D eigenvalue weighted by molar-refractivity contribution is -0.137. The van der Waals surface area contributed by atoms with Crippen molar-refractivity contribution < 1.29 is 32.3 Å². The minimum Gasteiger partial charge on any atom is -0.489 e. The largest absolute Gasteiger partial charge is 0.489 e. The van der Waals surface area contributed by atoms with Gasteiger partial charge in [0.2, 0.25) is 5.91 Å². The van der Waals surface area contributed by atoms with E-state index in [0.29, 0.717) is 24.5 Å². The summed E-state index contributed by atoms with van der Waals surface area (Å²) < 4.78 is 48.6. The van der Waals surface area contributed by atoms with Gasteiger partial charge < -0.3 is 25.6 Å². The fourth-order valence-corrected chi connectivity index (χ4v) is 6.62. The molecule has 2 saturated heterocycles. The third kappa shape index (κ3) is 8.68. The average Bonchev–Trinajstić information content (AvgIpc) is 3.13. The molecule has 4 aromatic rings. The van der Waals surface area contributed by atoms with E-state index in [1.54, 1.807) is 17.0 Å². The second-order valence-corrected chi connectivity index (χ2v) is 13.4. The molecule has 2 aliphatic rings. The second kappa shape index (κ2) is 16.0. The van der Waals surface area contributed by atoms with E-state index in [9.17, 15) is 27.6 Å². The number of imide groups is 1. The van der Waals surface area contributed by atoms with Crippen molar-refractivity contribution in [3.63, 3.8) is 0 Å². The summed E-state index contributed by atoms with van der Waals surface area (Å²) in [5, 5.41) is 10.9. The molecule has 15 heteroatoms. The monoisotopic (exact) mass is 744 g/mol. The molecule has 1 aromatic heterocycles. The van der Waals surface area contributed by atoms with Crippen molar-refractivity contribution in [3.05, 3.63) is 95.2 Å². The maximum absolute atomic E-state index is 14.1. The third-order valence-corrected chi connectivity index (χ3v) is 9.24. The summed E-state index contributed by atoms with van der Waals surface area (Å²) >= 11 is 0. The van der Waals surface area contributed by atoms with Crippen LogP contribution in [0.5, 0.6) is 5.75 Å². The summed E-state index contributed by atoms with van der Waals surface area (Å²) in [6.07, 6.45) is -3.89. The second-order valence-electron chi connectivity index (χ2n) is 13.4. The van der Waals surface area contributed by atoms with Gasteiger partial charge in [-0.3, -0.25) is 24.7 Å². The van der Waals surface area contributed by atoms with Crippen molar-refractivity contribution in [2.75, 3.05) is 60.2 Å². The summed E-state index contributed by atoms with van der Waals surface area (Å²) in [5.74, 6) is -0.0569. The summed E-state index contributed by atoms with van der Waals surface area (Å²) in [6.45, 7) is 9.70. The Kier molecular flexibility index (Phi) is 11.3. The number of carbonyl (C=O) groups is 3. The Bertz CT molecular complexity index is 2030. The number of para-hydroxylation sites is 2. The molecule has 0 aliphatic carbocycles. The fraction of sp³-hybridized carbons (Fsp3) is 0.333. The van der Waals surface area contributed by atoms with E-state index >= 15 is 0 Å². The number of carbonyl (C=O) groups excluding carboxylic acids is 3. The predicted octanol–water partition coefficient (Wildman–Crippen LogP) is 6.81. The van der Waals surface area contributed by atoms with Gasteiger partial charge in [0, 0.05) is 82.4 Å². The number of alkyl halides is 3. The molecule has 4 amide bonds. The Labute approximate surface area is 311 Å². The van der Waals surface area contributed by atoms with Crippen LogP contribution in [0.15, 0.2) is 72.9 Å². The molecule has 6 rings (SSSR count). The number of nitrogens with zero attached hydrogens (tertiary/aromatic N) is 4. The van der Waals surface area contributed by atoms with Gasteiger partial charge in [0.1, 0.15) is 11.6 Å². The number of halogens is 3. The van der Waals surface area contributed by atoms with Crippen LogP contribution in [0.1, 0.15) is 47.3 Å². The van der Waals surface area contributed by atoms with Crippen LogP contribution in [0.2, 0.25) is 0 Å². The van der Waals surface area contributed by atoms with Gasteiger partial charge in [0.15, 0.2) is 0 Å². The lowest BCUT2D eigenvalue weighted by atomic mass is 10.1. The Hall–Kier alpha value is -5.83. The predicted molar refractivity (Wildman–Crippen MR) is 202 cm³/mol. The lowest BCUT2D eigenvalue weighted by Gasteiger charge is -2.38. The molecule has 3 aromatic carbocycles. The highest BCUT2D eigenvalue weighted by Gasteiger charge is 2.35. The number of urea groups is 1. The quantitative estimate of drug-likeness (QED) is 0.131. The van der Waals surface area contributed by atoms with E-state index in [0.717, 1.165) is 54.9 Å². The van der Waals surface area contributed by atoms with Crippen LogP contribution in [-0.2, 0) is 17.5 Å². The smallest absolute Gasteiger partial charge is 0.419 e. The van der Waals surface area contributed by atoms with E-state index in [1.165, 1.54) is 25.2 Å². The zero-order valence-corrected chi connectivity index (χ0v) is 30.5. The van der Waals surface area contributed by atoms with Gasteiger partial charge in [-0.1, -0.05) is 30.3 Å². The number of hydrogen-bond donors (Lipinski definition) is 4. The number of anilines is 6. The molecule has 0 bridgehead atoms. The van der Waals surface area contributed by atoms with E-state index < -0.39 is 23.7 Å². The maximum atomic E-state index is 14.1. The fourth-order valence-electron chi connectivity index (χ4n) is 6.62. The number of piperazine rings is 1. The molecule has 54 heavy (non-hydrogen) atoms. The number of hydrogen-bond acceptors (Lipinski definition) is 9. The molecule has 0 spiro atoms. The highest BCUT2D eigenvalue weighted by molar-refractivity contribution is 6.06. The first kappa shape index (κ1) is 37.9. The van der Waals surface area contributed by atoms with Crippen molar-refractivity contribution >= 4 is 52.1 Å². The molecule has 0 saturated carbocycles. The Morgan fingerprint density at radius 2 is 1.63 bits per heavy atom.